The van der Waals surface area contributed by atoms with Crippen molar-refractivity contribution in [2.45, 2.75) is 26.2 Å². The minimum atomic E-state index is 0.634. The molecule has 0 aliphatic carbocycles. The van der Waals surface area contributed by atoms with Gasteiger partial charge in [-0.25, -0.2) is 0 Å². The molecule has 0 aliphatic heterocycles. The zero-order valence-corrected chi connectivity index (χ0v) is 8.27. The first-order chi connectivity index (χ1) is 5.91. The standard InChI is InChI=1S/C9H21NO2/c1-3-4-6-11-7-5-8-12-9-10-2/h10H,3-9H2,1-2H3. The average Bonchev–Trinajstić information content (AvgIpc) is 2.10. The van der Waals surface area contributed by atoms with Crippen LogP contribution in [0, 0.1) is 0 Å². The summed E-state index contributed by atoms with van der Waals surface area (Å²) in [6.45, 7) is 5.30. The fourth-order valence-electron chi connectivity index (χ4n) is 0.786. The number of ether oxygens (including phenoxy) is 2. The van der Waals surface area contributed by atoms with Crippen LogP contribution in [0.3, 0.4) is 0 Å². The summed E-state index contributed by atoms with van der Waals surface area (Å²) in [7, 11) is 1.87. The summed E-state index contributed by atoms with van der Waals surface area (Å²) < 4.78 is 10.6. The molecule has 0 heterocycles. The van der Waals surface area contributed by atoms with E-state index in [0.717, 1.165) is 32.7 Å². The van der Waals surface area contributed by atoms with Gasteiger partial charge >= 0.3 is 0 Å². The second-order valence-electron chi connectivity index (χ2n) is 2.73. The summed E-state index contributed by atoms with van der Waals surface area (Å²) in [5.41, 5.74) is 0. The predicted molar refractivity (Wildman–Crippen MR) is 50.2 cm³/mol. The molecule has 0 radical (unpaired) electrons. The van der Waals surface area contributed by atoms with E-state index in [0.29, 0.717) is 6.73 Å². The minimum Gasteiger partial charge on any atom is -0.381 e. The first-order valence-electron chi connectivity index (χ1n) is 4.72. The maximum atomic E-state index is 5.35. The van der Waals surface area contributed by atoms with Crippen molar-refractivity contribution in [1.82, 2.24) is 5.32 Å². The van der Waals surface area contributed by atoms with Crippen molar-refractivity contribution >= 4 is 0 Å². The van der Waals surface area contributed by atoms with Gasteiger partial charge in [-0.05, 0) is 19.9 Å². The minimum absolute atomic E-state index is 0.634. The van der Waals surface area contributed by atoms with Crippen LogP contribution in [-0.2, 0) is 9.47 Å². The molecule has 0 aromatic rings. The molecule has 3 nitrogen and oxygen atoms in total. The van der Waals surface area contributed by atoms with Crippen LogP contribution in [-0.4, -0.2) is 33.6 Å². The van der Waals surface area contributed by atoms with Crippen LogP contribution in [0.25, 0.3) is 0 Å². The van der Waals surface area contributed by atoms with E-state index in [4.69, 9.17) is 9.47 Å². The molecule has 0 fully saturated rings. The number of rotatable bonds is 9. The van der Waals surface area contributed by atoms with Gasteiger partial charge in [0.2, 0.25) is 0 Å². The van der Waals surface area contributed by atoms with Crippen molar-refractivity contribution in [3.63, 3.8) is 0 Å². The van der Waals surface area contributed by atoms with Gasteiger partial charge in [-0.3, -0.25) is 5.32 Å². The molecule has 0 amide bonds. The lowest BCUT2D eigenvalue weighted by Gasteiger charge is -2.03. The van der Waals surface area contributed by atoms with Gasteiger partial charge in [-0.15, -0.1) is 0 Å². The molecular formula is C9H21NO2. The Balaban J connectivity index is 2.73. The highest BCUT2D eigenvalue weighted by molar-refractivity contribution is 4.36. The van der Waals surface area contributed by atoms with Crippen molar-refractivity contribution < 1.29 is 9.47 Å². The first-order valence-corrected chi connectivity index (χ1v) is 4.72. The molecule has 0 rings (SSSR count). The van der Waals surface area contributed by atoms with Crippen molar-refractivity contribution in [2.24, 2.45) is 0 Å². The molecule has 0 spiro atoms. The predicted octanol–water partition coefficient (Wildman–Crippen LogP) is 1.39. The van der Waals surface area contributed by atoms with Gasteiger partial charge in [-0.2, -0.15) is 0 Å². The van der Waals surface area contributed by atoms with Crippen molar-refractivity contribution in [3.05, 3.63) is 0 Å². The van der Waals surface area contributed by atoms with Crippen LogP contribution < -0.4 is 5.32 Å². The SMILES string of the molecule is CCCCOCCCOCNC. The van der Waals surface area contributed by atoms with E-state index < -0.39 is 0 Å². The monoisotopic (exact) mass is 175 g/mol. The lowest BCUT2D eigenvalue weighted by Crippen LogP contribution is -2.13. The van der Waals surface area contributed by atoms with E-state index in [9.17, 15) is 0 Å². The molecule has 3 heteroatoms. The van der Waals surface area contributed by atoms with E-state index in [2.05, 4.69) is 12.2 Å². The Bertz CT molecular complexity index is 68.9. The van der Waals surface area contributed by atoms with Gasteiger partial charge < -0.3 is 9.47 Å². The van der Waals surface area contributed by atoms with Crippen LogP contribution in [0.5, 0.6) is 0 Å². The normalized spacial score (nSPS) is 10.5. The summed E-state index contributed by atoms with van der Waals surface area (Å²) in [5.74, 6) is 0. The van der Waals surface area contributed by atoms with Crippen molar-refractivity contribution in [2.75, 3.05) is 33.6 Å². The molecule has 0 bridgehead atoms. The van der Waals surface area contributed by atoms with Crippen LogP contribution >= 0.6 is 0 Å². The summed E-state index contributed by atoms with van der Waals surface area (Å²) >= 11 is 0. The lowest BCUT2D eigenvalue weighted by atomic mass is 10.4. The summed E-state index contributed by atoms with van der Waals surface area (Å²) in [6, 6.07) is 0. The Kier molecular flexibility index (Phi) is 10.8. The first kappa shape index (κ1) is 11.9. The topological polar surface area (TPSA) is 30.5 Å². The molecule has 0 saturated carbocycles. The van der Waals surface area contributed by atoms with Crippen LogP contribution in [0.15, 0.2) is 0 Å². The number of hydrogen-bond acceptors (Lipinski definition) is 3. The fourth-order valence-corrected chi connectivity index (χ4v) is 0.786. The van der Waals surface area contributed by atoms with E-state index >= 15 is 0 Å². The zero-order valence-electron chi connectivity index (χ0n) is 8.27. The molecule has 0 aromatic carbocycles. The van der Waals surface area contributed by atoms with Gasteiger partial charge in [0.05, 0.1) is 13.3 Å². The van der Waals surface area contributed by atoms with Crippen molar-refractivity contribution in [3.8, 4) is 0 Å². The second kappa shape index (κ2) is 10.9. The highest BCUT2D eigenvalue weighted by atomic mass is 16.5. The number of nitrogens with one attached hydrogen (secondary N) is 1. The van der Waals surface area contributed by atoms with E-state index in [-0.39, 0.29) is 0 Å². The van der Waals surface area contributed by atoms with Gasteiger partial charge in [0, 0.05) is 13.2 Å². The second-order valence-corrected chi connectivity index (χ2v) is 2.73. The third-order valence-electron chi connectivity index (χ3n) is 1.47. The maximum absolute atomic E-state index is 5.35. The molecule has 12 heavy (non-hydrogen) atoms. The summed E-state index contributed by atoms with van der Waals surface area (Å²) in [6.07, 6.45) is 3.36. The number of hydrogen-bond donors (Lipinski definition) is 1. The quantitative estimate of drug-likeness (QED) is 0.424. The third-order valence-corrected chi connectivity index (χ3v) is 1.47. The van der Waals surface area contributed by atoms with Gasteiger partial charge in [-0.1, -0.05) is 13.3 Å². The largest absolute Gasteiger partial charge is 0.381 e. The molecule has 0 saturated heterocycles. The molecule has 0 atom stereocenters. The van der Waals surface area contributed by atoms with Crippen molar-refractivity contribution in [1.29, 1.82) is 0 Å². The molecule has 1 N–H and O–H groups in total. The Morgan fingerprint density at radius 3 is 2.33 bits per heavy atom. The molecule has 0 unspecified atom stereocenters. The lowest BCUT2D eigenvalue weighted by molar-refractivity contribution is 0.0762. The summed E-state index contributed by atoms with van der Waals surface area (Å²) in [4.78, 5) is 0. The Morgan fingerprint density at radius 1 is 1.00 bits per heavy atom. The summed E-state index contributed by atoms with van der Waals surface area (Å²) in [5, 5.41) is 2.92. The van der Waals surface area contributed by atoms with Crippen LogP contribution in [0.4, 0.5) is 0 Å². The highest BCUT2D eigenvalue weighted by Crippen LogP contribution is 1.89. The zero-order chi connectivity index (χ0) is 9.07. The van der Waals surface area contributed by atoms with Gasteiger partial charge in [0.15, 0.2) is 0 Å². The Morgan fingerprint density at radius 2 is 1.67 bits per heavy atom. The smallest absolute Gasteiger partial charge is 0.0962 e. The highest BCUT2D eigenvalue weighted by Gasteiger charge is 1.88. The maximum Gasteiger partial charge on any atom is 0.0962 e. The van der Waals surface area contributed by atoms with E-state index in [1.165, 1.54) is 6.42 Å². The van der Waals surface area contributed by atoms with Crippen LogP contribution in [0.1, 0.15) is 26.2 Å². The molecule has 74 valence electrons. The van der Waals surface area contributed by atoms with E-state index in [1.807, 2.05) is 7.05 Å². The molecular weight excluding hydrogens is 154 g/mol. The molecule has 0 aromatic heterocycles. The Hall–Kier alpha value is -0.120. The van der Waals surface area contributed by atoms with Crippen LogP contribution in [0.2, 0.25) is 0 Å². The Labute approximate surface area is 75.4 Å². The number of unbranched alkanes of at least 4 members (excludes halogenated alkanes) is 1. The fraction of sp³-hybridized carbons (Fsp3) is 1.00. The average molecular weight is 175 g/mol. The van der Waals surface area contributed by atoms with Gasteiger partial charge in [0.1, 0.15) is 0 Å². The molecule has 0 aliphatic rings. The third kappa shape index (κ3) is 9.88. The van der Waals surface area contributed by atoms with E-state index in [1.54, 1.807) is 0 Å². The van der Waals surface area contributed by atoms with Gasteiger partial charge in [0.25, 0.3) is 0 Å².